The van der Waals surface area contributed by atoms with E-state index < -0.39 is 0 Å². The molecular weight excluding hydrogens is 322 g/mol. The molecule has 4 heteroatoms. The first-order valence-corrected chi connectivity index (χ1v) is 9.15. The van der Waals surface area contributed by atoms with Gasteiger partial charge in [0.25, 0.3) is 5.91 Å². The second kappa shape index (κ2) is 8.48. The van der Waals surface area contributed by atoms with Crippen molar-refractivity contribution in [2.75, 3.05) is 11.9 Å². The van der Waals surface area contributed by atoms with Gasteiger partial charge in [-0.25, -0.2) is 0 Å². The lowest BCUT2D eigenvalue weighted by molar-refractivity contribution is 0.0953. The first-order valence-electron chi connectivity index (χ1n) is 9.15. The maximum atomic E-state index is 12.1. The van der Waals surface area contributed by atoms with Crippen LogP contribution >= 0.6 is 0 Å². The number of benzene rings is 2. The number of amides is 1. The zero-order valence-corrected chi connectivity index (χ0v) is 15.4. The van der Waals surface area contributed by atoms with E-state index >= 15 is 0 Å². The highest BCUT2D eigenvalue weighted by Crippen LogP contribution is 2.23. The molecule has 0 aliphatic carbocycles. The van der Waals surface area contributed by atoms with E-state index in [2.05, 4.69) is 34.7 Å². The summed E-state index contributed by atoms with van der Waals surface area (Å²) in [6, 6.07) is 18.0. The molecule has 1 heterocycles. The molecule has 1 amide bonds. The molecule has 0 bridgehead atoms. The fraction of sp³-hybridized carbons (Fsp3) is 0.273. The highest BCUT2D eigenvalue weighted by molar-refractivity contribution is 5.94. The van der Waals surface area contributed by atoms with Crippen LogP contribution in [-0.2, 0) is 6.54 Å². The summed E-state index contributed by atoms with van der Waals surface area (Å²) in [5.41, 5.74) is 4.90. The van der Waals surface area contributed by atoms with Crippen LogP contribution in [0.25, 0.3) is 10.9 Å². The molecule has 0 radical (unpaired) electrons. The first kappa shape index (κ1) is 17.9. The second-order valence-electron chi connectivity index (χ2n) is 6.49. The summed E-state index contributed by atoms with van der Waals surface area (Å²) in [6.07, 6.45) is 2.08. The number of aryl methyl sites for hydroxylation is 1. The fourth-order valence-corrected chi connectivity index (χ4v) is 2.91. The maximum Gasteiger partial charge on any atom is 0.251 e. The van der Waals surface area contributed by atoms with E-state index in [4.69, 9.17) is 0 Å². The normalized spacial score (nSPS) is 10.7. The molecule has 26 heavy (non-hydrogen) atoms. The van der Waals surface area contributed by atoms with Gasteiger partial charge in [-0.15, -0.1) is 0 Å². The third kappa shape index (κ3) is 4.39. The van der Waals surface area contributed by atoms with E-state index in [0.717, 1.165) is 47.2 Å². The van der Waals surface area contributed by atoms with Crippen molar-refractivity contribution in [3.8, 4) is 0 Å². The molecule has 0 aliphatic heterocycles. The topological polar surface area (TPSA) is 54.0 Å². The molecule has 134 valence electrons. The van der Waals surface area contributed by atoms with Gasteiger partial charge in [-0.2, -0.15) is 0 Å². The average molecular weight is 347 g/mol. The molecule has 0 spiro atoms. The van der Waals surface area contributed by atoms with Crippen molar-refractivity contribution in [3.05, 3.63) is 71.4 Å². The van der Waals surface area contributed by atoms with Crippen molar-refractivity contribution in [3.63, 3.8) is 0 Å². The van der Waals surface area contributed by atoms with Gasteiger partial charge in [-0.05, 0) is 43.2 Å². The Bertz CT molecular complexity index is 888. The lowest BCUT2D eigenvalue weighted by atomic mass is 10.1. The Kier molecular flexibility index (Phi) is 5.84. The molecule has 0 saturated carbocycles. The summed E-state index contributed by atoms with van der Waals surface area (Å²) >= 11 is 0. The number of hydrogen-bond acceptors (Lipinski definition) is 3. The van der Waals surface area contributed by atoms with E-state index in [1.807, 2.05) is 49.4 Å². The van der Waals surface area contributed by atoms with Crippen molar-refractivity contribution >= 4 is 22.5 Å². The van der Waals surface area contributed by atoms with Gasteiger partial charge in [-0.1, -0.05) is 43.7 Å². The molecular formula is C22H25N3O. The minimum atomic E-state index is -0.00582. The third-order valence-electron chi connectivity index (χ3n) is 4.36. The molecule has 0 unspecified atom stereocenters. The molecule has 2 N–H and O–H groups in total. The summed E-state index contributed by atoms with van der Waals surface area (Å²) in [4.78, 5) is 16.6. The predicted molar refractivity (Wildman–Crippen MR) is 107 cm³/mol. The Hall–Kier alpha value is -2.88. The van der Waals surface area contributed by atoms with Crippen LogP contribution in [0.4, 0.5) is 5.69 Å². The largest absolute Gasteiger partial charge is 0.380 e. The van der Waals surface area contributed by atoms with Crippen LogP contribution in [0.3, 0.4) is 0 Å². The number of pyridine rings is 1. The number of anilines is 1. The average Bonchev–Trinajstić information content (AvgIpc) is 2.66. The molecule has 0 atom stereocenters. The van der Waals surface area contributed by atoms with Crippen molar-refractivity contribution in [2.24, 2.45) is 0 Å². The quantitative estimate of drug-likeness (QED) is 0.610. The lowest BCUT2D eigenvalue weighted by Crippen LogP contribution is -2.24. The van der Waals surface area contributed by atoms with Gasteiger partial charge in [-0.3, -0.25) is 9.78 Å². The van der Waals surface area contributed by atoms with E-state index in [0.29, 0.717) is 12.1 Å². The van der Waals surface area contributed by atoms with Crippen molar-refractivity contribution in [1.29, 1.82) is 0 Å². The number of nitrogens with zero attached hydrogens (tertiary/aromatic N) is 1. The number of aromatic nitrogens is 1. The summed E-state index contributed by atoms with van der Waals surface area (Å²) < 4.78 is 0. The van der Waals surface area contributed by atoms with Crippen LogP contribution in [0.5, 0.6) is 0 Å². The van der Waals surface area contributed by atoms with E-state index in [1.165, 1.54) is 0 Å². The van der Waals surface area contributed by atoms with Gasteiger partial charge in [0.15, 0.2) is 0 Å². The van der Waals surface area contributed by atoms with Crippen LogP contribution in [0.1, 0.15) is 41.4 Å². The zero-order valence-electron chi connectivity index (χ0n) is 15.4. The van der Waals surface area contributed by atoms with Gasteiger partial charge in [0.1, 0.15) is 0 Å². The Morgan fingerprint density at radius 3 is 2.62 bits per heavy atom. The summed E-state index contributed by atoms with van der Waals surface area (Å²) in [7, 11) is 0. The molecule has 0 saturated heterocycles. The van der Waals surface area contributed by atoms with Gasteiger partial charge < -0.3 is 10.6 Å². The minimum absolute atomic E-state index is 0.00582. The van der Waals surface area contributed by atoms with Crippen LogP contribution in [0.15, 0.2) is 54.6 Å². The van der Waals surface area contributed by atoms with Crippen molar-refractivity contribution < 1.29 is 4.79 Å². The highest BCUT2D eigenvalue weighted by Gasteiger charge is 2.06. The molecule has 0 fully saturated rings. The van der Waals surface area contributed by atoms with Gasteiger partial charge in [0.2, 0.25) is 0 Å². The lowest BCUT2D eigenvalue weighted by Gasteiger charge is -2.11. The third-order valence-corrected chi connectivity index (χ3v) is 4.36. The molecule has 3 rings (SSSR count). The Morgan fingerprint density at radius 2 is 1.85 bits per heavy atom. The van der Waals surface area contributed by atoms with Gasteiger partial charge in [0.05, 0.1) is 5.52 Å². The zero-order chi connectivity index (χ0) is 18.4. The van der Waals surface area contributed by atoms with Crippen LogP contribution in [-0.4, -0.2) is 17.4 Å². The number of fused-ring (bicyclic) bond motifs is 1. The minimum Gasteiger partial charge on any atom is -0.380 e. The van der Waals surface area contributed by atoms with Gasteiger partial charge in [0, 0.05) is 35.4 Å². The van der Waals surface area contributed by atoms with Crippen molar-refractivity contribution in [1.82, 2.24) is 10.3 Å². The number of hydrogen-bond donors (Lipinski definition) is 2. The SMILES string of the molecule is CCCCNC(=O)c1ccc(CNc2cc(C)nc3ccccc23)cc1. The molecule has 1 aromatic heterocycles. The Balaban J connectivity index is 1.66. The first-order chi connectivity index (χ1) is 12.7. The smallest absolute Gasteiger partial charge is 0.251 e. The molecule has 2 aromatic carbocycles. The summed E-state index contributed by atoms with van der Waals surface area (Å²) in [6.45, 7) is 5.54. The highest BCUT2D eigenvalue weighted by atomic mass is 16.1. The van der Waals surface area contributed by atoms with Crippen LogP contribution in [0, 0.1) is 6.92 Å². The van der Waals surface area contributed by atoms with E-state index in [-0.39, 0.29) is 5.91 Å². The van der Waals surface area contributed by atoms with Crippen LogP contribution < -0.4 is 10.6 Å². The Labute approximate surface area is 154 Å². The maximum absolute atomic E-state index is 12.1. The van der Waals surface area contributed by atoms with E-state index in [9.17, 15) is 4.79 Å². The Morgan fingerprint density at radius 1 is 1.08 bits per heavy atom. The summed E-state index contributed by atoms with van der Waals surface area (Å²) in [5, 5.41) is 7.55. The van der Waals surface area contributed by atoms with Crippen molar-refractivity contribution in [2.45, 2.75) is 33.2 Å². The number of unbranched alkanes of at least 4 members (excludes halogenated alkanes) is 1. The molecule has 0 aliphatic rings. The molecule has 3 aromatic rings. The molecule has 4 nitrogen and oxygen atoms in total. The number of carbonyl (C=O) groups excluding carboxylic acids is 1. The monoisotopic (exact) mass is 347 g/mol. The number of nitrogens with one attached hydrogen (secondary N) is 2. The standard InChI is InChI=1S/C22H25N3O/c1-3-4-13-23-22(26)18-11-9-17(10-12-18)15-24-21-14-16(2)25-20-8-6-5-7-19(20)21/h5-12,14H,3-4,13,15H2,1-2H3,(H,23,26)(H,24,25). The number of para-hydroxylation sites is 1. The number of carbonyl (C=O) groups is 1. The second-order valence-corrected chi connectivity index (χ2v) is 6.49. The van der Waals surface area contributed by atoms with Gasteiger partial charge >= 0.3 is 0 Å². The van der Waals surface area contributed by atoms with Crippen LogP contribution in [0.2, 0.25) is 0 Å². The predicted octanol–water partition coefficient (Wildman–Crippen LogP) is 4.69. The fourth-order valence-electron chi connectivity index (χ4n) is 2.91. The van der Waals surface area contributed by atoms with E-state index in [1.54, 1.807) is 0 Å². The number of rotatable bonds is 7. The summed E-state index contributed by atoms with van der Waals surface area (Å²) in [5.74, 6) is -0.00582.